The Hall–Kier alpha value is -0.910. The Labute approximate surface area is 122 Å². The lowest BCUT2D eigenvalue weighted by atomic mass is 10.1. The van der Waals surface area contributed by atoms with Crippen LogP contribution in [0.25, 0.3) is 0 Å². The number of aliphatic hydroxyl groups excluding tert-OH is 1. The smallest absolute Gasteiger partial charge is 0.308 e. The van der Waals surface area contributed by atoms with E-state index in [9.17, 15) is 9.90 Å². The van der Waals surface area contributed by atoms with Gasteiger partial charge in [0.1, 0.15) is 0 Å². The second-order valence-electron chi connectivity index (χ2n) is 4.35. The van der Waals surface area contributed by atoms with Crippen molar-refractivity contribution in [3.8, 4) is 0 Å². The van der Waals surface area contributed by atoms with Crippen LogP contribution in [-0.2, 0) is 9.53 Å². The molecule has 2 unspecified atom stereocenters. The number of rotatable bonds is 7. The van der Waals surface area contributed by atoms with Gasteiger partial charge in [0.25, 0.3) is 0 Å². The van der Waals surface area contributed by atoms with Gasteiger partial charge in [0.2, 0.25) is 0 Å². The van der Waals surface area contributed by atoms with Crippen LogP contribution >= 0.6 is 15.9 Å². The average molecular weight is 330 g/mol. The topological polar surface area (TPSA) is 58.6 Å². The van der Waals surface area contributed by atoms with E-state index in [0.717, 1.165) is 10.0 Å². The fraction of sp³-hybridized carbons (Fsp3) is 0.500. The number of benzene rings is 1. The van der Waals surface area contributed by atoms with Crippen molar-refractivity contribution in [3.05, 3.63) is 34.3 Å². The Morgan fingerprint density at radius 2 is 2.26 bits per heavy atom. The fourth-order valence-electron chi connectivity index (χ4n) is 1.69. The van der Waals surface area contributed by atoms with E-state index >= 15 is 0 Å². The van der Waals surface area contributed by atoms with Crippen LogP contribution in [0.1, 0.15) is 31.9 Å². The number of halogens is 1. The number of carbonyl (C=O) groups is 1. The second-order valence-corrected chi connectivity index (χ2v) is 5.26. The van der Waals surface area contributed by atoms with Gasteiger partial charge in [-0.2, -0.15) is 0 Å². The minimum atomic E-state index is -0.728. The number of ether oxygens (including phenoxy) is 1. The summed E-state index contributed by atoms with van der Waals surface area (Å²) in [5, 5.41) is 12.9. The van der Waals surface area contributed by atoms with E-state index in [0.29, 0.717) is 13.2 Å². The predicted octanol–water partition coefficient (Wildman–Crippen LogP) is 2.41. The van der Waals surface area contributed by atoms with Gasteiger partial charge in [-0.05, 0) is 31.5 Å². The third kappa shape index (κ3) is 6.18. The normalized spacial score (nSPS) is 13.9. The molecule has 1 aromatic carbocycles. The minimum absolute atomic E-state index is 0.0199. The summed E-state index contributed by atoms with van der Waals surface area (Å²) in [6.45, 7) is 4.46. The van der Waals surface area contributed by atoms with Crippen molar-refractivity contribution >= 4 is 21.9 Å². The third-order valence-electron chi connectivity index (χ3n) is 2.72. The molecule has 2 N–H and O–H groups in total. The van der Waals surface area contributed by atoms with Crippen molar-refractivity contribution in [1.29, 1.82) is 0 Å². The van der Waals surface area contributed by atoms with Gasteiger partial charge in [0, 0.05) is 17.1 Å². The molecule has 1 aromatic rings. The van der Waals surface area contributed by atoms with Gasteiger partial charge in [-0.15, -0.1) is 0 Å². The van der Waals surface area contributed by atoms with E-state index in [1.165, 1.54) is 0 Å². The van der Waals surface area contributed by atoms with Gasteiger partial charge in [0.05, 0.1) is 19.1 Å². The van der Waals surface area contributed by atoms with E-state index < -0.39 is 6.10 Å². The lowest BCUT2D eigenvalue weighted by Gasteiger charge is -2.17. The van der Waals surface area contributed by atoms with E-state index in [1.54, 1.807) is 6.92 Å². The van der Waals surface area contributed by atoms with Crippen molar-refractivity contribution in [1.82, 2.24) is 5.32 Å². The number of hydrogen-bond donors (Lipinski definition) is 2. The molecule has 0 aliphatic heterocycles. The zero-order valence-corrected chi connectivity index (χ0v) is 12.8. The summed E-state index contributed by atoms with van der Waals surface area (Å²) in [5.74, 6) is -0.369. The first-order valence-electron chi connectivity index (χ1n) is 6.35. The number of carbonyl (C=O) groups excluding carboxylic acids is 1. The summed E-state index contributed by atoms with van der Waals surface area (Å²) in [4.78, 5) is 11.2. The van der Waals surface area contributed by atoms with E-state index in [4.69, 9.17) is 4.74 Å². The Kier molecular flexibility index (Phi) is 7.05. The lowest BCUT2D eigenvalue weighted by molar-refractivity contribution is -0.145. The zero-order chi connectivity index (χ0) is 14.3. The first-order valence-corrected chi connectivity index (χ1v) is 7.14. The number of esters is 1. The largest absolute Gasteiger partial charge is 0.466 e. The summed E-state index contributed by atoms with van der Waals surface area (Å²) in [6.07, 6.45) is -0.708. The first-order chi connectivity index (χ1) is 9.02. The summed E-state index contributed by atoms with van der Waals surface area (Å²) in [6, 6.07) is 8.07. The molecule has 2 atom stereocenters. The molecule has 0 aromatic heterocycles. The highest BCUT2D eigenvalue weighted by Crippen LogP contribution is 2.17. The highest BCUT2D eigenvalue weighted by molar-refractivity contribution is 9.10. The van der Waals surface area contributed by atoms with Crippen molar-refractivity contribution in [2.75, 3.05) is 13.2 Å². The Morgan fingerprint density at radius 3 is 2.89 bits per heavy atom. The van der Waals surface area contributed by atoms with Gasteiger partial charge < -0.3 is 15.2 Å². The molecule has 1 rings (SSSR count). The lowest BCUT2D eigenvalue weighted by Crippen LogP contribution is -2.31. The SMILES string of the molecule is CCOC(=O)CC(O)CNC(C)c1cccc(Br)c1. The van der Waals surface area contributed by atoms with Gasteiger partial charge in [-0.25, -0.2) is 0 Å². The quantitative estimate of drug-likeness (QED) is 0.754. The van der Waals surface area contributed by atoms with Gasteiger partial charge in [-0.1, -0.05) is 28.1 Å². The van der Waals surface area contributed by atoms with Crippen LogP contribution in [0.3, 0.4) is 0 Å². The minimum Gasteiger partial charge on any atom is -0.466 e. The molecule has 0 saturated carbocycles. The number of nitrogens with one attached hydrogen (secondary N) is 1. The molecule has 0 amide bonds. The maximum atomic E-state index is 11.2. The van der Waals surface area contributed by atoms with Gasteiger partial charge in [0.15, 0.2) is 0 Å². The molecule has 0 fully saturated rings. The van der Waals surface area contributed by atoms with Crippen LogP contribution in [-0.4, -0.2) is 30.3 Å². The summed E-state index contributed by atoms with van der Waals surface area (Å²) in [5.41, 5.74) is 1.12. The maximum absolute atomic E-state index is 11.2. The average Bonchev–Trinajstić information content (AvgIpc) is 2.36. The first kappa shape index (κ1) is 16.1. The molecule has 0 radical (unpaired) electrons. The van der Waals surface area contributed by atoms with Crippen LogP contribution < -0.4 is 5.32 Å². The van der Waals surface area contributed by atoms with Crippen LogP contribution in [0.5, 0.6) is 0 Å². The Balaban J connectivity index is 2.37. The van der Waals surface area contributed by atoms with Crippen LogP contribution in [0.4, 0.5) is 0 Å². The van der Waals surface area contributed by atoms with Gasteiger partial charge >= 0.3 is 5.97 Å². The molecular weight excluding hydrogens is 310 g/mol. The Bertz CT molecular complexity index is 411. The molecule has 19 heavy (non-hydrogen) atoms. The maximum Gasteiger partial charge on any atom is 0.308 e. The molecule has 0 saturated heterocycles. The molecule has 0 bridgehead atoms. The molecular formula is C14H20BrNO3. The summed E-state index contributed by atoms with van der Waals surface area (Å²) < 4.78 is 5.81. The molecule has 0 aliphatic carbocycles. The monoisotopic (exact) mass is 329 g/mol. The molecule has 0 heterocycles. The molecule has 106 valence electrons. The second kappa shape index (κ2) is 8.30. The van der Waals surface area contributed by atoms with Crippen LogP contribution in [0, 0.1) is 0 Å². The van der Waals surface area contributed by atoms with E-state index in [2.05, 4.69) is 21.2 Å². The van der Waals surface area contributed by atoms with E-state index in [-0.39, 0.29) is 18.4 Å². The number of hydrogen-bond acceptors (Lipinski definition) is 4. The highest BCUT2D eigenvalue weighted by Gasteiger charge is 2.13. The zero-order valence-electron chi connectivity index (χ0n) is 11.2. The van der Waals surface area contributed by atoms with Crippen molar-refractivity contribution < 1.29 is 14.6 Å². The van der Waals surface area contributed by atoms with E-state index in [1.807, 2.05) is 31.2 Å². The van der Waals surface area contributed by atoms with Crippen molar-refractivity contribution in [2.24, 2.45) is 0 Å². The predicted molar refractivity (Wildman–Crippen MR) is 77.8 cm³/mol. The molecule has 0 aliphatic rings. The summed E-state index contributed by atoms with van der Waals surface area (Å²) in [7, 11) is 0. The number of aliphatic hydroxyl groups is 1. The Morgan fingerprint density at radius 1 is 1.53 bits per heavy atom. The third-order valence-corrected chi connectivity index (χ3v) is 3.21. The highest BCUT2D eigenvalue weighted by atomic mass is 79.9. The molecule has 4 nitrogen and oxygen atoms in total. The summed E-state index contributed by atoms with van der Waals surface area (Å²) >= 11 is 3.42. The van der Waals surface area contributed by atoms with Crippen molar-refractivity contribution in [3.63, 3.8) is 0 Å². The molecule has 5 heteroatoms. The van der Waals surface area contributed by atoms with Gasteiger partial charge in [-0.3, -0.25) is 4.79 Å². The molecule has 0 spiro atoms. The van der Waals surface area contributed by atoms with Crippen molar-refractivity contribution in [2.45, 2.75) is 32.4 Å². The van der Waals surface area contributed by atoms with Crippen LogP contribution in [0.15, 0.2) is 28.7 Å². The standard InChI is InChI=1S/C14H20BrNO3/c1-3-19-14(18)8-13(17)9-16-10(2)11-5-4-6-12(15)7-11/h4-7,10,13,16-17H,3,8-9H2,1-2H3. The fourth-order valence-corrected chi connectivity index (χ4v) is 2.11. The van der Waals surface area contributed by atoms with Crippen LogP contribution in [0.2, 0.25) is 0 Å².